The first-order valence-electron chi connectivity index (χ1n) is 6.56. The monoisotopic (exact) mass is 331 g/mol. The van der Waals surface area contributed by atoms with Crippen LogP contribution in [-0.4, -0.2) is 48.1 Å². The summed E-state index contributed by atoms with van der Waals surface area (Å²) >= 11 is 0. The van der Waals surface area contributed by atoms with E-state index in [4.69, 9.17) is 14.3 Å². The lowest BCUT2D eigenvalue weighted by Gasteiger charge is -2.24. The number of carbonyl (C=O) groups excluding carboxylic acids is 1. The Labute approximate surface area is 127 Å². The standard InChI is InChI=1S/C13H12F3N3O4/c1-19-8-3-9-6(17-5-23-9)2-10(8)22-4-7(11(19)20)18-12(21)13(14,15)16/h2-3,5,7,12,18,21H,4H2,1H3/t7-,12?/m0/s1. The first kappa shape index (κ1) is 15.6. The van der Waals surface area contributed by atoms with Gasteiger partial charge in [0.15, 0.2) is 12.0 Å². The summed E-state index contributed by atoms with van der Waals surface area (Å²) in [6, 6.07) is 1.68. The van der Waals surface area contributed by atoms with Crippen molar-refractivity contribution >= 4 is 22.7 Å². The second-order valence-electron chi connectivity index (χ2n) is 5.01. The van der Waals surface area contributed by atoms with Crippen molar-refractivity contribution in [2.45, 2.75) is 18.4 Å². The summed E-state index contributed by atoms with van der Waals surface area (Å²) in [5, 5.41) is 10.9. The second-order valence-corrected chi connectivity index (χ2v) is 5.01. The largest absolute Gasteiger partial charge is 0.489 e. The molecule has 0 spiro atoms. The van der Waals surface area contributed by atoms with Crippen molar-refractivity contribution in [1.82, 2.24) is 10.3 Å². The SMILES string of the molecule is CN1C(=O)[C@@H](NC(O)C(F)(F)F)COc2cc3ncoc3cc21. The van der Waals surface area contributed by atoms with Crippen molar-refractivity contribution < 1.29 is 32.2 Å². The number of nitrogens with one attached hydrogen (secondary N) is 1. The van der Waals surface area contributed by atoms with Crippen molar-refractivity contribution in [3.63, 3.8) is 0 Å². The smallest absolute Gasteiger partial charge is 0.427 e. The Kier molecular flexibility index (Phi) is 3.65. The molecule has 0 saturated heterocycles. The van der Waals surface area contributed by atoms with E-state index in [-0.39, 0.29) is 12.4 Å². The van der Waals surface area contributed by atoms with Crippen LogP contribution in [0, 0.1) is 0 Å². The van der Waals surface area contributed by atoms with Gasteiger partial charge in [0.2, 0.25) is 12.1 Å². The molecule has 10 heteroatoms. The van der Waals surface area contributed by atoms with Gasteiger partial charge in [0.05, 0.1) is 5.69 Å². The number of amides is 1. The molecule has 7 nitrogen and oxygen atoms in total. The minimum Gasteiger partial charge on any atom is -0.489 e. The predicted octanol–water partition coefficient (Wildman–Crippen LogP) is 1.02. The number of ether oxygens (including phenoxy) is 1. The van der Waals surface area contributed by atoms with Gasteiger partial charge >= 0.3 is 6.18 Å². The zero-order chi connectivity index (χ0) is 16.8. The molecule has 1 aromatic heterocycles. The van der Waals surface area contributed by atoms with Crippen molar-refractivity contribution in [3.8, 4) is 5.75 Å². The summed E-state index contributed by atoms with van der Waals surface area (Å²) in [5.41, 5.74) is 1.24. The fourth-order valence-electron chi connectivity index (χ4n) is 2.25. The van der Waals surface area contributed by atoms with Crippen LogP contribution in [-0.2, 0) is 4.79 Å². The molecule has 1 aliphatic rings. The molecule has 1 aliphatic heterocycles. The first-order valence-corrected chi connectivity index (χ1v) is 6.56. The number of likely N-dealkylation sites (N-methyl/N-ethyl adjacent to an activating group) is 1. The zero-order valence-electron chi connectivity index (χ0n) is 11.8. The lowest BCUT2D eigenvalue weighted by Crippen LogP contribution is -2.55. The topological polar surface area (TPSA) is 87.8 Å². The quantitative estimate of drug-likeness (QED) is 0.799. The number of benzene rings is 1. The normalized spacial score (nSPS) is 20.1. The Balaban J connectivity index is 1.89. The molecule has 0 radical (unpaired) electrons. The molecule has 124 valence electrons. The highest BCUT2D eigenvalue weighted by Crippen LogP contribution is 2.34. The van der Waals surface area contributed by atoms with E-state index in [1.54, 1.807) is 0 Å². The lowest BCUT2D eigenvalue weighted by molar-refractivity contribution is -0.216. The number of hydrogen-bond acceptors (Lipinski definition) is 6. The third-order valence-corrected chi connectivity index (χ3v) is 3.48. The van der Waals surface area contributed by atoms with E-state index in [2.05, 4.69) is 4.98 Å². The van der Waals surface area contributed by atoms with Gasteiger partial charge in [-0.25, -0.2) is 4.98 Å². The van der Waals surface area contributed by atoms with E-state index in [0.29, 0.717) is 16.8 Å². The van der Waals surface area contributed by atoms with Gasteiger partial charge in [0.1, 0.15) is 23.9 Å². The highest BCUT2D eigenvalue weighted by atomic mass is 19.4. The van der Waals surface area contributed by atoms with Gasteiger partial charge in [-0.15, -0.1) is 0 Å². The lowest BCUT2D eigenvalue weighted by atomic mass is 10.2. The average Bonchev–Trinajstić information content (AvgIpc) is 2.90. The summed E-state index contributed by atoms with van der Waals surface area (Å²) in [7, 11) is 1.40. The molecular weight excluding hydrogens is 319 g/mol. The van der Waals surface area contributed by atoms with Crippen LogP contribution in [0.25, 0.3) is 11.1 Å². The van der Waals surface area contributed by atoms with Crippen molar-refractivity contribution in [3.05, 3.63) is 18.5 Å². The average molecular weight is 331 g/mol. The van der Waals surface area contributed by atoms with Crippen molar-refractivity contribution in [1.29, 1.82) is 0 Å². The Hall–Kier alpha value is -2.33. The van der Waals surface area contributed by atoms with E-state index < -0.39 is 24.4 Å². The predicted molar refractivity (Wildman–Crippen MR) is 71.9 cm³/mol. The number of nitrogens with zero attached hydrogens (tertiary/aromatic N) is 2. The number of oxazole rings is 1. The zero-order valence-corrected chi connectivity index (χ0v) is 11.8. The maximum absolute atomic E-state index is 12.4. The maximum Gasteiger partial charge on any atom is 0.427 e. The van der Waals surface area contributed by atoms with Crippen molar-refractivity contribution in [2.24, 2.45) is 0 Å². The third-order valence-electron chi connectivity index (χ3n) is 3.48. The number of rotatable bonds is 2. The fraction of sp³-hybridized carbons (Fsp3) is 0.385. The molecule has 2 N–H and O–H groups in total. The number of carbonyl (C=O) groups is 1. The van der Waals surface area contributed by atoms with Crippen LogP contribution in [0.15, 0.2) is 22.9 Å². The molecule has 0 bridgehead atoms. The highest BCUT2D eigenvalue weighted by Gasteiger charge is 2.42. The molecule has 1 amide bonds. The molecule has 1 aromatic carbocycles. The van der Waals surface area contributed by atoms with Gasteiger partial charge in [-0.1, -0.05) is 0 Å². The van der Waals surface area contributed by atoms with Crippen LogP contribution in [0.1, 0.15) is 0 Å². The number of anilines is 1. The molecule has 3 rings (SSSR count). The third kappa shape index (κ3) is 2.82. The van der Waals surface area contributed by atoms with Crippen LogP contribution in [0.3, 0.4) is 0 Å². The van der Waals surface area contributed by atoms with Gasteiger partial charge in [-0.3, -0.25) is 10.1 Å². The Morgan fingerprint density at radius 2 is 2.22 bits per heavy atom. The van der Waals surface area contributed by atoms with E-state index in [0.717, 1.165) is 4.90 Å². The first-order chi connectivity index (χ1) is 10.8. The molecule has 0 fully saturated rings. The summed E-state index contributed by atoms with van der Waals surface area (Å²) in [6.45, 7) is -0.368. The van der Waals surface area contributed by atoms with E-state index in [1.807, 2.05) is 5.32 Å². The summed E-state index contributed by atoms with van der Waals surface area (Å²) in [5.74, 6) is -0.390. The molecule has 2 aromatic rings. The summed E-state index contributed by atoms with van der Waals surface area (Å²) < 4.78 is 47.9. The fourth-order valence-corrected chi connectivity index (χ4v) is 2.25. The minimum atomic E-state index is -4.89. The molecule has 0 saturated carbocycles. The highest BCUT2D eigenvalue weighted by molar-refractivity contribution is 6.00. The number of fused-ring (bicyclic) bond motifs is 2. The Bertz CT molecular complexity index is 746. The number of alkyl halides is 3. The number of hydrogen-bond donors (Lipinski definition) is 2. The van der Waals surface area contributed by atoms with Gasteiger partial charge in [-0.05, 0) is 0 Å². The molecular formula is C13H12F3N3O4. The van der Waals surface area contributed by atoms with Gasteiger partial charge < -0.3 is 19.2 Å². The summed E-state index contributed by atoms with van der Waals surface area (Å²) in [6.07, 6.45) is -6.48. The molecule has 0 aliphatic carbocycles. The van der Waals surface area contributed by atoms with Crippen LogP contribution in [0.5, 0.6) is 5.75 Å². The number of halogens is 3. The minimum absolute atomic E-state index is 0.285. The summed E-state index contributed by atoms with van der Waals surface area (Å²) in [4.78, 5) is 17.4. The van der Waals surface area contributed by atoms with Crippen LogP contribution >= 0.6 is 0 Å². The van der Waals surface area contributed by atoms with Crippen LogP contribution in [0.4, 0.5) is 18.9 Å². The van der Waals surface area contributed by atoms with Crippen LogP contribution in [0.2, 0.25) is 0 Å². The number of aliphatic hydroxyl groups is 1. The molecule has 2 heterocycles. The van der Waals surface area contributed by atoms with E-state index >= 15 is 0 Å². The Morgan fingerprint density at radius 1 is 1.48 bits per heavy atom. The van der Waals surface area contributed by atoms with E-state index in [1.165, 1.54) is 25.6 Å². The van der Waals surface area contributed by atoms with E-state index in [9.17, 15) is 18.0 Å². The van der Waals surface area contributed by atoms with Crippen LogP contribution < -0.4 is 15.0 Å². The Morgan fingerprint density at radius 3 is 2.91 bits per heavy atom. The number of aliphatic hydroxyl groups excluding tert-OH is 1. The molecule has 1 unspecified atom stereocenters. The molecule has 23 heavy (non-hydrogen) atoms. The van der Waals surface area contributed by atoms with Gasteiger partial charge in [0, 0.05) is 19.2 Å². The maximum atomic E-state index is 12.4. The second kappa shape index (κ2) is 5.39. The molecule has 2 atom stereocenters. The van der Waals surface area contributed by atoms with Crippen molar-refractivity contribution in [2.75, 3.05) is 18.6 Å². The number of aromatic nitrogens is 1. The van der Waals surface area contributed by atoms with Gasteiger partial charge in [-0.2, -0.15) is 13.2 Å². The van der Waals surface area contributed by atoms with Gasteiger partial charge in [0.25, 0.3) is 0 Å².